The SMILES string of the molecule is CCCCC1C(C)C12CC1C3CC3CC12. The fourth-order valence-corrected chi connectivity index (χ4v) is 5.82. The summed E-state index contributed by atoms with van der Waals surface area (Å²) in [5.41, 5.74) is 0.910. The molecule has 0 saturated heterocycles. The lowest BCUT2D eigenvalue weighted by molar-refractivity contribution is 0.0286. The molecule has 0 nitrogen and oxygen atoms in total. The summed E-state index contributed by atoms with van der Waals surface area (Å²) in [6.45, 7) is 4.90. The van der Waals surface area contributed by atoms with Gasteiger partial charge in [0.2, 0.25) is 0 Å². The Labute approximate surface area is 93.8 Å². The van der Waals surface area contributed by atoms with Crippen molar-refractivity contribution in [2.75, 3.05) is 0 Å². The van der Waals surface area contributed by atoms with E-state index in [-0.39, 0.29) is 0 Å². The average molecular weight is 204 g/mol. The number of unbranched alkanes of at least 4 members (excludes halogenated alkanes) is 1. The fraction of sp³-hybridized carbons (Fsp3) is 1.00. The summed E-state index contributed by atoms with van der Waals surface area (Å²) in [6.07, 6.45) is 9.35. The van der Waals surface area contributed by atoms with Gasteiger partial charge in [-0.05, 0) is 66.6 Å². The van der Waals surface area contributed by atoms with Gasteiger partial charge in [-0.3, -0.25) is 0 Å². The third kappa shape index (κ3) is 0.913. The first kappa shape index (κ1) is 9.07. The Morgan fingerprint density at radius 1 is 1.20 bits per heavy atom. The molecule has 0 amide bonds. The first-order valence-electron chi connectivity index (χ1n) is 7.29. The van der Waals surface area contributed by atoms with Gasteiger partial charge in [0.1, 0.15) is 0 Å². The summed E-state index contributed by atoms with van der Waals surface area (Å²) in [5.74, 6) is 7.10. The van der Waals surface area contributed by atoms with Gasteiger partial charge in [0.25, 0.3) is 0 Å². The topological polar surface area (TPSA) is 0 Å². The molecule has 0 aliphatic heterocycles. The van der Waals surface area contributed by atoms with Crippen LogP contribution in [-0.2, 0) is 0 Å². The first-order chi connectivity index (χ1) is 7.29. The number of fused-ring (bicyclic) bond motifs is 4. The minimum atomic E-state index is 0.910. The maximum atomic E-state index is 2.56. The van der Waals surface area contributed by atoms with Gasteiger partial charge in [-0.25, -0.2) is 0 Å². The van der Waals surface area contributed by atoms with Gasteiger partial charge in [0, 0.05) is 0 Å². The van der Waals surface area contributed by atoms with Gasteiger partial charge in [-0.2, -0.15) is 0 Å². The van der Waals surface area contributed by atoms with Crippen LogP contribution in [0, 0.1) is 40.9 Å². The van der Waals surface area contributed by atoms with E-state index in [0.717, 1.165) is 17.3 Å². The minimum Gasteiger partial charge on any atom is -0.0654 e. The molecule has 84 valence electrons. The molecule has 0 aromatic carbocycles. The second-order valence-corrected chi connectivity index (χ2v) is 7.02. The maximum absolute atomic E-state index is 2.56. The Kier molecular flexibility index (Phi) is 1.59. The van der Waals surface area contributed by atoms with E-state index >= 15 is 0 Å². The van der Waals surface area contributed by atoms with E-state index in [1.165, 1.54) is 36.5 Å². The van der Waals surface area contributed by atoms with Crippen molar-refractivity contribution in [2.45, 2.75) is 52.4 Å². The van der Waals surface area contributed by atoms with E-state index in [0.29, 0.717) is 0 Å². The Hall–Kier alpha value is 0. The summed E-state index contributed by atoms with van der Waals surface area (Å²) in [4.78, 5) is 0. The van der Waals surface area contributed by atoms with Crippen LogP contribution >= 0.6 is 0 Å². The highest BCUT2D eigenvalue weighted by molar-refractivity contribution is 5.25. The van der Waals surface area contributed by atoms with Crippen molar-refractivity contribution in [1.82, 2.24) is 0 Å². The molecule has 0 heteroatoms. The lowest BCUT2D eigenvalue weighted by Crippen LogP contribution is -2.39. The van der Waals surface area contributed by atoms with Crippen molar-refractivity contribution >= 4 is 0 Å². The molecule has 15 heavy (non-hydrogen) atoms. The van der Waals surface area contributed by atoms with E-state index < -0.39 is 0 Å². The predicted molar refractivity (Wildman–Crippen MR) is 62.4 cm³/mol. The van der Waals surface area contributed by atoms with Crippen LogP contribution in [0.2, 0.25) is 0 Å². The quantitative estimate of drug-likeness (QED) is 0.649. The molecule has 0 N–H and O–H groups in total. The molecule has 7 atom stereocenters. The molecule has 7 unspecified atom stereocenters. The highest BCUT2D eigenvalue weighted by Gasteiger charge is 2.77. The van der Waals surface area contributed by atoms with E-state index in [2.05, 4.69) is 13.8 Å². The molecule has 4 fully saturated rings. The van der Waals surface area contributed by atoms with Crippen molar-refractivity contribution in [2.24, 2.45) is 40.9 Å². The molecular formula is C15H24. The zero-order valence-electron chi connectivity index (χ0n) is 10.2. The van der Waals surface area contributed by atoms with Crippen molar-refractivity contribution < 1.29 is 0 Å². The maximum Gasteiger partial charge on any atom is -0.0204 e. The molecule has 4 aliphatic carbocycles. The van der Waals surface area contributed by atoms with Gasteiger partial charge < -0.3 is 0 Å². The smallest absolute Gasteiger partial charge is 0.0204 e. The summed E-state index contributed by atoms with van der Waals surface area (Å²) in [5, 5.41) is 0. The summed E-state index contributed by atoms with van der Waals surface area (Å²) >= 11 is 0. The Balaban J connectivity index is 1.46. The second kappa shape index (κ2) is 2.63. The van der Waals surface area contributed by atoms with Crippen LogP contribution in [0.5, 0.6) is 0 Å². The van der Waals surface area contributed by atoms with Crippen LogP contribution in [0.1, 0.15) is 52.4 Å². The summed E-state index contributed by atoms with van der Waals surface area (Å²) < 4.78 is 0. The zero-order valence-corrected chi connectivity index (χ0v) is 10.2. The normalized spacial score (nSPS) is 63.6. The van der Waals surface area contributed by atoms with Crippen LogP contribution in [0.25, 0.3) is 0 Å². The molecule has 4 aliphatic rings. The number of hydrogen-bond donors (Lipinski definition) is 0. The van der Waals surface area contributed by atoms with Crippen molar-refractivity contribution in [3.05, 3.63) is 0 Å². The Bertz CT molecular complexity index is 294. The molecule has 0 bridgehead atoms. The molecule has 0 heterocycles. The fourth-order valence-electron chi connectivity index (χ4n) is 5.82. The van der Waals surface area contributed by atoms with Crippen LogP contribution in [0.4, 0.5) is 0 Å². The van der Waals surface area contributed by atoms with E-state index in [1.54, 1.807) is 25.7 Å². The van der Waals surface area contributed by atoms with Gasteiger partial charge >= 0.3 is 0 Å². The summed E-state index contributed by atoms with van der Waals surface area (Å²) in [6, 6.07) is 0. The lowest BCUT2D eigenvalue weighted by atomic mass is 9.59. The zero-order chi connectivity index (χ0) is 10.2. The van der Waals surface area contributed by atoms with Gasteiger partial charge in [-0.15, -0.1) is 0 Å². The van der Waals surface area contributed by atoms with Crippen LogP contribution in [0.3, 0.4) is 0 Å². The van der Waals surface area contributed by atoms with Crippen LogP contribution in [0.15, 0.2) is 0 Å². The van der Waals surface area contributed by atoms with Gasteiger partial charge in [0.15, 0.2) is 0 Å². The van der Waals surface area contributed by atoms with Crippen molar-refractivity contribution in [3.63, 3.8) is 0 Å². The standard InChI is InChI=1S/C15H24/c1-3-4-5-13-9(2)15(13)8-12-11-6-10(11)7-14(12)15/h9-14H,3-8H2,1-2H3. The monoisotopic (exact) mass is 204 g/mol. The number of rotatable bonds is 3. The minimum absolute atomic E-state index is 0.910. The third-order valence-corrected chi connectivity index (χ3v) is 6.78. The predicted octanol–water partition coefficient (Wildman–Crippen LogP) is 4.10. The van der Waals surface area contributed by atoms with E-state index in [1.807, 2.05) is 0 Å². The van der Waals surface area contributed by atoms with Gasteiger partial charge in [-0.1, -0.05) is 26.7 Å². The number of hydrogen-bond acceptors (Lipinski definition) is 0. The highest BCUT2D eigenvalue weighted by atomic mass is 14.8. The molecular weight excluding hydrogens is 180 g/mol. The van der Waals surface area contributed by atoms with Gasteiger partial charge in [0.05, 0.1) is 0 Å². The molecule has 0 radical (unpaired) electrons. The van der Waals surface area contributed by atoms with Crippen molar-refractivity contribution in [1.29, 1.82) is 0 Å². The second-order valence-electron chi connectivity index (χ2n) is 7.02. The largest absolute Gasteiger partial charge is 0.0654 e. The Morgan fingerprint density at radius 2 is 2.07 bits per heavy atom. The van der Waals surface area contributed by atoms with Crippen molar-refractivity contribution in [3.8, 4) is 0 Å². The van der Waals surface area contributed by atoms with Crippen LogP contribution < -0.4 is 0 Å². The Morgan fingerprint density at radius 3 is 2.80 bits per heavy atom. The molecule has 0 aromatic rings. The molecule has 4 rings (SSSR count). The molecule has 4 saturated carbocycles. The average Bonchev–Trinajstić information content (AvgIpc) is 3.05. The summed E-state index contributed by atoms with van der Waals surface area (Å²) in [7, 11) is 0. The third-order valence-electron chi connectivity index (χ3n) is 6.78. The van der Waals surface area contributed by atoms with E-state index in [4.69, 9.17) is 0 Å². The van der Waals surface area contributed by atoms with Crippen LogP contribution in [-0.4, -0.2) is 0 Å². The molecule has 0 aromatic heterocycles. The first-order valence-corrected chi connectivity index (χ1v) is 7.29. The molecule has 1 spiro atoms. The highest BCUT2D eigenvalue weighted by Crippen LogP contribution is 2.83. The lowest BCUT2D eigenvalue weighted by Gasteiger charge is -2.45. The van der Waals surface area contributed by atoms with E-state index in [9.17, 15) is 0 Å².